The van der Waals surface area contributed by atoms with Crippen molar-refractivity contribution in [3.8, 4) is 0 Å². The van der Waals surface area contributed by atoms with Crippen molar-refractivity contribution < 1.29 is 40.0 Å². The van der Waals surface area contributed by atoms with E-state index in [9.17, 15) is 26.7 Å². The molecule has 13 heteroatoms. The Labute approximate surface area is 201 Å². The van der Waals surface area contributed by atoms with E-state index in [1.54, 1.807) is 12.1 Å². The Bertz CT molecular complexity index is 847. The fourth-order valence-electron chi connectivity index (χ4n) is 3.87. The van der Waals surface area contributed by atoms with Gasteiger partial charge >= 0.3 is 26.5 Å². The number of nitrogens with zero attached hydrogens (tertiary/aromatic N) is 1. The molecule has 1 aromatic rings. The number of carbonyl (C=O) groups is 1. The molecule has 1 amide bonds. The molecule has 2 unspecified atom stereocenters. The summed E-state index contributed by atoms with van der Waals surface area (Å²) in [5, 5.41) is 0.866. The van der Waals surface area contributed by atoms with E-state index in [0.29, 0.717) is 11.5 Å². The Kier molecular flexibility index (Phi) is 9.66. The molecule has 1 aliphatic heterocycles. The van der Waals surface area contributed by atoms with Crippen LogP contribution in [0.4, 0.5) is 27.6 Å². The maximum Gasteiger partial charge on any atom is 0.458 e. The first-order chi connectivity index (χ1) is 15.7. The van der Waals surface area contributed by atoms with Crippen molar-refractivity contribution in [1.82, 2.24) is 0 Å². The Morgan fingerprint density at radius 1 is 1.26 bits per heavy atom. The first-order valence-corrected chi connectivity index (χ1v) is 19.0. The number of rotatable bonds is 9. The lowest BCUT2D eigenvalue weighted by atomic mass is 10.2. The summed E-state index contributed by atoms with van der Waals surface area (Å²) in [4.78, 5) is 12.8. The van der Waals surface area contributed by atoms with Crippen LogP contribution in [-0.2, 0) is 18.1 Å². The highest BCUT2D eigenvalue weighted by Gasteiger charge is 2.65. The smallest absolute Gasteiger partial charge is 0.436 e. The van der Waals surface area contributed by atoms with E-state index in [-0.39, 0.29) is 5.69 Å². The Hall–Kier alpha value is -1.13. The number of halogens is 5. The summed E-state index contributed by atoms with van der Waals surface area (Å²) in [5.41, 5.74) is 0.0596. The number of amides is 1. The predicted molar refractivity (Wildman–Crippen MR) is 128 cm³/mol. The van der Waals surface area contributed by atoms with Gasteiger partial charge in [0.05, 0.1) is 8.07 Å². The molecule has 1 aliphatic rings. The largest absolute Gasteiger partial charge is 0.458 e. The highest BCUT2D eigenvalue weighted by atomic mass is 28.4. The molecule has 1 saturated heterocycles. The second-order valence-electron chi connectivity index (χ2n) is 9.39. The molecule has 2 atom stereocenters. The van der Waals surface area contributed by atoms with E-state index in [0.717, 1.165) is 36.8 Å². The molecule has 0 spiro atoms. The van der Waals surface area contributed by atoms with Gasteiger partial charge in [-0.2, -0.15) is 17.6 Å². The quantitative estimate of drug-likeness (QED) is 0.316. The van der Waals surface area contributed by atoms with Gasteiger partial charge in [0, 0.05) is 19.3 Å². The number of carbonyl (C=O) groups excluding carboxylic acids is 1. The van der Waals surface area contributed by atoms with Crippen LogP contribution in [-0.4, -0.2) is 64.1 Å². The minimum absolute atomic E-state index is 0.0596. The average Bonchev–Trinajstić information content (AvgIpc) is 2.92. The lowest BCUT2D eigenvalue weighted by molar-refractivity contribution is -0.321. The first-order valence-electron chi connectivity index (χ1n) is 11.1. The van der Waals surface area contributed by atoms with Gasteiger partial charge in [-0.1, -0.05) is 43.3 Å². The Morgan fingerprint density at radius 3 is 2.56 bits per heavy atom. The third kappa shape index (κ3) is 6.97. The Morgan fingerprint density at radius 2 is 1.94 bits per heavy atom. The third-order valence-corrected chi connectivity index (χ3v) is 15.7. The molecule has 1 fully saturated rings. The molecule has 0 N–H and O–H groups in total. The minimum atomic E-state index is -5.73. The van der Waals surface area contributed by atoms with Gasteiger partial charge in [0.2, 0.25) is 0 Å². The molecular formula is C21H33F5NO4Si3. The number of alkyl halides is 5. The van der Waals surface area contributed by atoms with E-state index in [2.05, 4.69) is 30.9 Å². The zero-order chi connectivity index (χ0) is 25.8. The summed E-state index contributed by atoms with van der Waals surface area (Å²) in [7, 11) is -4.19. The zero-order valence-corrected chi connectivity index (χ0v) is 23.2. The molecule has 0 aliphatic carbocycles. The molecule has 0 saturated carbocycles. The SMILES string of the molecule is CN(C(=O)C(F)(OCF)C(F)(F)F)c1cccc([Si](C)(C)CCO[Si]2(C)CCCC[Si](C)O2)c1. The summed E-state index contributed by atoms with van der Waals surface area (Å²) < 4.78 is 82.4. The van der Waals surface area contributed by atoms with E-state index in [1.165, 1.54) is 12.5 Å². The number of hydrogen-bond donors (Lipinski definition) is 0. The fourth-order valence-corrected chi connectivity index (χ4v) is 12.4. The van der Waals surface area contributed by atoms with E-state index >= 15 is 0 Å². The van der Waals surface area contributed by atoms with Crippen LogP contribution in [0.1, 0.15) is 12.8 Å². The van der Waals surface area contributed by atoms with Gasteiger partial charge in [0.25, 0.3) is 0 Å². The van der Waals surface area contributed by atoms with Crippen molar-refractivity contribution in [1.29, 1.82) is 0 Å². The predicted octanol–water partition coefficient (Wildman–Crippen LogP) is 5.26. The van der Waals surface area contributed by atoms with Crippen LogP contribution in [0.2, 0.25) is 44.3 Å². The van der Waals surface area contributed by atoms with Crippen LogP contribution in [0.25, 0.3) is 0 Å². The summed E-state index contributed by atoms with van der Waals surface area (Å²) in [5.74, 6) is -6.81. The number of hydrogen-bond acceptors (Lipinski definition) is 4. The van der Waals surface area contributed by atoms with Gasteiger partial charge in [-0.3, -0.25) is 9.53 Å². The first kappa shape index (κ1) is 29.1. The summed E-state index contributed by atoms with van der Waals surface area (Å²) >= 11 is 0. The second-order valence-corrected chi connectivity index (χ2v) is 20.0. The second kappa shape index (κ2) is 11.3. The van der Waals surface area contributed by atoms with Crippen LogP contribution in [0.15, 0.2) is 24.3 Å². The van der Waals surface area contributed by atoms with Crippen molar-refractivity contribution in [2.24, 2.45) is 0 Å². The number of benzene rings is 1. The van der Waals surface area contributed by atoms with Crippen LogP contribution < -0.4 is 10.1 Å². The third-order valence-electron chi connectivity index (χ3n) is 6.15. The van der Waals surface area contributed by atoms with Crippen molar-refractivity contribution >= 4 is 42.5 Å². The molecule has 5 nitrogen and oxygen atoms in total. The van der Waals surface area contributed by atoms with Crippen LogP contribution in [0.3, 0.4) is 0 Å². The molecule has 193 valence electrons. The standard InChI is InChI=1S/C21H33F5NO4Si3/c1-27(19(28)20(23,29-16-22)21(24,25)26)17-9-8-10-18(15-17)33(3,4)14-11-30-34(5)13-7-6-12-32(2)31-34/h8-10,15H,6-7,11-14,16H2,1-5H3. The van der Waals surface area contributed by atoms with Gasteiger partial charge in [0.1, 0.15) is 0 Å². The van der Waals surface area contributed by atoms with E-state index < -0.39 is 50.5 Å². The minimum Gasteiger partial charge on any atom is -0.436 e. The average molecular weight is 543 g/mol. The van der Waals surface area contributed by atoms with E-state index in [1.807, 2.05) is 6.07 Å². The van der Waals surface area contributed by atoms with Crippen molar-refractivity contribution in [3.05, 3.63) is 24.3 Å². The number of ether oxygens (including phenoxy) is 1. The molecular weight excluding hydrogens is 509 g/mol. The highest BCUT2D eigenvalue weighted by molar-refractivity contribution is 6.90. The molecule has 1 radical (unpaired) electrons. The lowest BCUT2D eigenvalue weighted by Crippen LogP contribution is -2.56. The van der Waals surface area contributed by atoms with E-state index in [4.69, 9.17) is 8.54 Å². The molecule has 2 rings (SSSR count). The van der Waals surface area contributed by atoms with Crippen LogP contribution in [0.5, 0.6) is 0 Å². The molecule has 0 bridgehead atoms. The molecule has 0 aromatic heterocycles. The molecule has 34 heavy (non-hydrogen) atoms. The molecule has 1 heterocycles. The van der Waals surface area contributed by atoms with Gasteiger partial charge in [0.15, 0.2) is 15.9 Å². The summed E-state index contributed by atoms with van der Waals surface area (Å²) in [6.45, 7) is 6.86. The fraction of sp³-hybridized carbons (Fsp3) is 0.667. The van der Waals surface area contributed by atoms with Gasteiger partial charge in [-0.15, -0.1) is 0 Å². The Balaban J connectivity index is 2.14. The van der Waals surface area contributed by atoms with Crippen molar-refractivity contribution in [2.45, 2.75) is 69.2 Å². The highest BCUT2D eigenvalue weighted by Crippen LogP contribution is 2.37. The van der Waals surface area contributed by atoms with Crippen LogP contribution >= 0.6 is 0 Å². The van der Waals surface area contributed by atoms with Gasteiger partial charge < -0.3 is 13.4 Å². The lowest BCUT2D eigenvalue weighted by Gasteiger charge is -2.31. The van der Waals surface area contributed by atoms with Crippen molar-refractivity contribution in [2.75, 3.05) is 25.4 Å². The molecule has 1 aromatic carbocycles. The van der Waals surface area contributed by atoms with Crippen LogP contribution in [0, 0.1) is 0 Å². The normalized spacial score (nSPS) is 22.2. The van der Waals surface area contributed by atoms with Crippen molar-refractivity contribution in [3.63, 3.8) is 0 Å². The van der Waals surface area contributed by atoms with Gasteiger partial charge in [-0.05, 0) is 43.4 Å². The topological polar surface area (TPSA) is 48.0 Å². The summed E-state index contributed by atoms with van der Waals surface area (Å²) in [6, 6.07) is 9.24. The number of anilines is 1. The maximum absolute atomic E-state index is 14.4. The maximum atomic E-state index is 14.4. The van der Waals surface area contributed by atoms with Gasteiger partial charge in [-0.25, -0.2) is 4.39 Å². The summed E-state index contributed by atoms with van der Waals surface area (Å²) in [6.07, 6.45) is -3.46. The zero-order valence-electron chi connectivity index (χ0n) is 20.2. The number of likely N-dealkylation sites (N-methyl/N-ethyl adjacent to an activating group) is 1. The monoisotopic (exact) mass is 542 g/mol.